The summed E-state index contributed by atoms with van der Waals surface area (Å²) in [6.07, 6.45) is 1.76. The van der Waals surface area contributed by atoms with Crippen LogP contribution in [0.25, 0.3) is 0 Å². The van der Waals surface area contributed by atoms with Crippen LogP contribution < -0.4 is 0 Å². The maximum atomic E-state index is 11.4. The van der Waals surface area contributed by atoms with Gasteiger partial charge in [0.15, 0.2) is 5.78 Å². The van der Waals surface area contributed by atoms with Gasteiger partial charge in [0.25, 0.3) is 0 Å². The lowest BCUT2D eigenvalue weighted by Crippen LogP contribution is -2.13. The van der Waals surface area contributed by atoms with Crippen molar-refractivity contribution in [2.45, 2.75) is 33.2 Å². The van der Waals surface area contributed by atoms with Crippen LogP contribution in [0.1, 0.15) is 41.8 Å². The molecule has 1 aromatic carbocycles. The van der Waals surface area contributed by atoms with E-state index in [9.17, 15) is 9.90 Å². The molecular weight excluding hydrogens is 214 g/mol. The van der Waals surface area contributed by atoms with E-state index in [0.29, 0.717) is 5.56 Å². The van der Waals surface area contributed by atoms with Gasteiger partial charge >= 0.3 is 0 Å². The summed E-state index contributed by atoms with van der Waals surface area (Å²) >= 11 is 0. The van der Waals surface area contributed by atoms with Gasteiger partial charge < -0.3 is 10.0 Å². The number of benzene rings is 1. The Morgan fingerprint density at radius 2 is 2.00 bits per heavy atom. The standard InChI is InChI=1S/C14H21NO2/c1-5-6-13-11(9-15(3)4)7-8-12(10(2)16)14(13)17/h7-8,17H,5-6,9H2,1-4H3. The molecule has 0 amide bonds. The van der Waals surface area contributed by atoms with Gasteiger partial charge in [0, 0.05) is 6.54 Å². The highest BCUT2D eigenvalue weighted by Crippen LogP contribution is 2.28. The quantitative estimate of drug-likeness (QED) is 0.797. The number of ketones is 1. The summed E-state index contributed by atoms with van der Waals surface area (Å²) in [5.74, 6) is 0.0787. The Labute approximate surface area is 103 Å². The summed E-state index contributed by atoms with van der Waals surface area (Å²) < 4.78 is 0. The van der Waals surface area contributed by atoms with Crippen LogP contribution in [-0.4, -0.2) is 29.9 Å². The van der Waals surface area contributed by atoms with Gasteiger partial charge in [0.05, 0.1) is 5.56 Å². The van der Waals surface area contributed by atoms with Crippen LogP contribution in [-0.2, 0) is 13.0 Å². The Morgan fingerprint density at radius 3 is 2.47 bits per heavy atom. The SMILES string of the molecule is CCCc1c(CN(C)C)ccc(C(C)=O)c1O. The average molecular weight is 235 g/mol. The van der Waals surface area contributed by atoms with E-state index in [-0.39, 0.29) is 11.5 Å². The zero-order chi connectivity index (χ0) is 13.0. The summed E-state index contributed by atoms with van der Waals surface area (Å²) in [6, 6.07) is 3.66. The number of rotatable bonds is 5. The number of carbonyl (C=O) groups is 1. The molecule has 0 spiro atoms. The molecule has 17 heavy (non-hydrogen) atoms. The molecule has 0 unspecified atom stereocenters. The Hall–Kier alpha value is -1.35. The fourth-order valence-corrected chi connectivity index (χ4v) is 1.98. The number of nitrogens with zero attached hydrogens (tertiary/aromatic N) is 1. The summed E-state index contributed by atoms with van der Waals surface area (Å²) in [6.45, 7) is 4.33. The molecule has 0 aliphatic carbocycles. The maximum absolute atomic E-state index is 11.4. The zero-order valence-corrected chi connectivity index (χ0v) is 11.1. The Bertz CT molecular complexity index is 411. The molecule has 3 nitrogen and oxygen atoms in total. The zero-order valence-electron chi connectivity index (χ0n) is 11.1. The van der Waals surface area contributed by atoms with Crippen LogP contribution in [0.4, 0.5) is 0 Å². The van der Waals surface area contributed by atoms with Gasteiger partial charge in [-0.15, -0.1) is 0 Å². The van der Waals surface area contributed by atoms with Gasteiger partial charge in [-0.2, -0.15) is 0 Å². The van der Waals surface area contributed by atoms with Crippen molar-refractivity contribution in [2.24, 2.45) is 0 Å². The van der Waals surface area contributed by atoms with Crippen molar-refractivity contribution in [1.82, 2.24) is 4.90 Å². The van der Waals surface area contributed by atoms with Crippen LogP contribution in [0.3, 0.4) is 0 Å². The fraction of sp³-hybridized carbons (Fsp3) is 0.500. The molecule has 0 aromatic heterocycles. The number of hydrogen-bond donors (Lipinski definition) is 1. The first-order chi connectivity index (χ1) is 7.97. The highest BCUT2D eigenvalue weighted by Gasteiger charge is 2.14. The number of carbonyl (C=O) groups excluding carboxylic acids is 1. The highest BCUT2D eigenvalue weighted by atomic mass is 16.3. The third-order valence-corrected chi connectivity index (χ3v) is 2.75. The molecule has 1 aromatic rings. The number of aromatic hydroxyl groups is 1. The van der Waals surface area contributed by atoms with Crippen LogP contribution in [0.5, 0.6) is 5.75 Å². The Kier molecular flexibility index (Phi) is 4.70. The Morgan fingerprint density at radius 1 is 1.35 bits per heavy atom. The summed E-state index contributed by atoms with van der Waals surface area (Å²) in [4.78, 5) is 13.4. The third-order valence-electron chi connectivity index (χ3n) is 2.75. The van der Waals surface area contributed by atoms with Gasteiger partial charge in [0.2, 0.25) is 0 Å². The molecule has 3 heteroatoms. The predicted molar refractivity (Wildman–Crippen MR) is 69.5 cm³/mol. The summed E-state index contributed by atoms with van der Waals surface area (Å²) in [5, 5.41) is 10.1. The molecule has 0 heterocycles. The highest BCUT2D eigenvalue weighted by molar-refractivity contribution is 5.97. The molecular formula is C14H21NO2. The fourth-order valence-electron chi connectivity index (χ4n) is 1.98. The van der Waals surface area contributed by atoms with Gasteiger partial charge in [-0.25, -0.2) is 0 Å². The smallest absolute Gasteiger partial charge is 0.163 e. The molecule has 0 aliphatic heterocycles. The second kappa shape index (κ2) is 5.82. The van der Waals surface area contributed by atoms with Crippen molar-refractivity contribution in [3.63, 3.8) is 0 Å². The van der Waals surface area contributed by atoms with Gasteiger partial charge in [-0.05, 0) is 44.6 Å². The second-order valence-corrected chi connectivity index (χ2v) is 4.64. The number of phenols is 1. The lowest BCUT2D eigenvalue weighted by Gasteiger charge is -2.16. The molecule has 0 fully saturated rings. The molecule has 94 valence electrons. The average Bonchev–Trinajstić information content (AvgIpc) is 2.22. The van der Waals surface area contributed by atoms with Crippen molar-refractivity contribution in [3.05, 3.63) is 28.8 Å². The van der Waals surface area contributed by atoms with Crippen LogP contribution in [0.15, 0.2) is 12.1 Å². The van der Waals surface area contributed by atoms with Crippen molar-refractivity contribution < 1.29 is 9.90 Å². The van der Waals surface area contributed by atoms with Crippen molar-refractivity contribution >= 4 is 5.78 Å². The van der Waals surface area contributed by atoms with E-state index in [1.165, 1.54) is 6.92 Å². The molecule has 0 bridgehead atoms. The van der Waals surface area contributed by atoms with Crippen molar-refractivity contribution in [3.8, 4) is 5.75 Å². The number of phenolic OH excluding ortho intramolecular Hbond substituents is 1. The minimum atomic E-state index is -0.0868. The van der Waals surface area contributed by atoms with E-state index in [4.69, 9.17) is 0 Å². The van der Waals surface area contributed by atoms with Crippen LogP contribution in [0, 0.1) is 0 Å². The summed E-state index contributed by atoms with van der Waals surface area (Å²) in [5.41, 5.74) is 2.43. The maximum Gasteiger partial charge on any atom is 0.163 e. The topological polar surface area (TPSA) is 40.5 Å². The minimum absolute atomic E-state index is 0.0868. The second-order valence-electron chi connectivity index (χ2n) is 4.64. The lowest BCUT2D eigenvalue weighted by atomic mass is 9.96. The van der Waals surface area contributed by atoms with Crippen molar-refractivity contribution in [1.29, 1.82) is 0 Å². The van der Waals surface area contributed by atoms with E-state index in [0.717, 1.165) is 30.5 Å². The number of Topliss-reactive ketones (excluding diaryl/α,β-unsaturated/α-hetero) is 1. The first kappa shape index (κ1) is 13.7. The third kappa shape index (κ3) is 3.30. The molecule has 0 saturated carbocycles. The van der Waals surface area contributed by atoms with Gasteiger partial charge in [-0.3, -0.25) is 4.79 Å². The first-order valence-corrected chi connectivity index (χ1v) is 5.96. The van der Waals surface area contributed by atoms with E-state index < -0.39 is 0 Å². The molecule has 0 radical (unpaired) electrons. The van der Waals surface area contributed by atoms with E-state index in [1.54, 1.807) is 6.07 Å². The number of hydrogen-bond acceptors (Lipinski definition) is 3. The van der Waals surface area contributed by atoms with Crippen molar-refractivity contribution in [2.75, 3.05) is 14.1 Å². The monoisotopic (exact) mass is 235 g/mol. The van der Waals surface area contributed by atoms with Gasteiger partial charge in [-0.1, -0.05) is 19.4 Å². The van der Waals surface area contributed by atoms with Crippen LogP contribution >= 0.6 is 0 Å². The molecule has 0 aliphatic rings. The normalized spacial score (nSPS) is 10.9. The predicted octanol–water partition coefficient (Wildman–Crippen LogP) is 2.61. The van der Waals surface area contributed by atoms with Gasteiger partial charge in [0.1, 0.15) is 5.75 Å². The molecule has 1 N–H and O–H groups in total. The lowest BCUT2D eigenvalue weighted by molar-refractivity contribution is 0.101. The van der Waals surface area contributed by atoms with Crippen LogP contribution in [0.2, 0.25) is 0 Å². The van der Waals surface area contributed by atoms with E-state index in [1.807, 2.05) is 20.2 Å². The summed E-state index contributed by atoms with van der Waals surface area (Å²) in [7, 11) is 3.98. The Balaban J connectivity index is 3.23. The molecule has 0 atom stereocenters. The largest absolute Gasteiger partial charge is 0.507 e. The first-order valence-electron chi connectivity index (χ1n) is 5.96. The molecule has 1 rings (SSSR count). The minimum Gasteiger partial charge on any atom is -0.507 e. The van der Waals surface area contributed by atoms with E-state index in [2.05, 4.69) is 11.8 Å². The molecule has 0 saturated heterocycles. The van der Waals surface area contributed by atoms with E-state index >= 15 is 0 Å².